The molecule has 0 aromatic heterocycles. The number of carbonyl (C=O) groups is 1. The van der Waals surface area contributed by atoms with E-state index in [1.165, 1.54) is 29.2 Å². The third kappa shape index (κ3) is 6.21. The summed E-state index contributed by atoms with van der Waals surface area (Å²) in [5, 5.41) is 20.5. The number of hydrogen-bond acceptors (Lipinski definition) is 5. The average Bonchev–Trinajstić information content (AvgIpc) is 2.71. The first-order valence-corrected chi connectivity index (χ1v) is 9.08. The van der Waals surface area contributed by atoms with E-state index in [4.69, 9.17) is 4.74 Å². The van der Waals surface area contributed by atoms with Gasteiger partial charge in [0.05, 0.1) is 18.1 Å². The molecule has 2 rings (SSSR count). The van der Waals surface area contributed by atoms with Gasteiger partial charge in [0.25, 0.3) is 0 Å². The molecule has 2 aromatic rings. The second-order valence-corrected chi connectivity index (χ2v) is 6.14. The van der Waals surface area contributed by atoms with Crippen molar-refractivity contribution in [1.29, 1.82) is 0 Å². The first-order valence-electron chi connectivity index (χ1n) is 9.08. The van der Waals surface area contributed by atoms with Gasteiger partial charge >= 0.3 is 5.69 Å². The predicted molar refractivity (Wildman–Crippen MR) is 107 cm³/mol. The van der Waals surface area contributed by atoms with E-state index in [0.29, 0.717) is 18.7 Å². The molecule has 0 fully saturated rings. The first-order chi connectivity index (χ1) is 13.5. The number of rotatable bonds is 10. The summed E-state index contributed by atoms with van der Waals surface area (Å²) in [5.74, 6) is -0.0758. The van der Waals surface area contributed by atoms with E-state index >= 15 is 0 Å². The Morgan fingerprint density at radius 1 is 1.25 bits per heavy atom. The fourth-order valence-electron chi connectivity index (χ4n) is 2.58. The van der Waals surface area contributed by atoms with Crippen LogP contribution in [0.15, 0.2) is 54.6 Å². The molecule has 1 amide bonds. The van der Waals surface area contributed by atoms with Crippen molar-refractivity contribution in [2.24, 2.45) is 0 Å². The zero-order valence-electron chi connectivity index (χ0n) is 15.8. The predicted octanol–water partition coefficient (Wildman–Crippen LogP) is 3.42. The monoisotopic (exact) mass is 384 g/mol. The van der Waals surface area contributed by atoms with Crippen molar-refractivity contribution in [3.8, 4) is 5.75 Å². The summed E-state index contributed by atoms with van der Waals surface area (Å²) in [4.78, 5) is 24.8. The van der Waals surface area contributed by atoms with Gasteiger partial charge < -0.3 is 14.7 Å². The molecule has 0 aliphatic rings. The van der Waals surface area contributed by atoms with Crippen LogP contribution in [-0.2, 0) is 11.3 Å². The molecule has 0 saturated carbocycles. The molecule has 0 spiro atoms. The molecule has 0 aliphatic carbocycles. The van der Waals surface area contributed by atoms with Gasteiger partial charge in [0.1, 0.15) is 0 Å². The van der Waals surface area contributed by atoms with E-state index in [-0.39, 0.29) is 30.5 Å². The third-order valence-corrected chi connectivity index (χ3v) is 3.96. The number of benzene rings is 2. The number of amides is 1. The number of hydrogen-bond donors (Lipinski definition) is 1. The molecule has 0 unspecified atom stereocenters. The summed E-state index contributed by atoms with van der Waals surface area (Å²) in [6.07, 6.45) is 3.62. The molecule has 0 atom stereocenters. The van der Waals surface area contributed by atoms with Gasteiger partial charge in [0.2, 0.25) is 5.91 Å². The number of nitro benzene ring substituents is 1. The maximum absolute atomic E-state index is 12.5. The summed E-state index contributed by atoms with van der Waals surface area (Å²) in [5.41, 5.74) is 1.33. The summed E-state index contributed by atoms with van der Waals surface area (Å²) >= 11 is 0. The molecule has 28 heavy (non-hydrogen) atoms. The maximum atomic E-state index is 12.5. The third-order valence-electron chi connectivity index (χ3n) is 3.96. The van der Waals surface area contributed by atoms with Gasteiger partial charge in [-0.05, 0) is 29.7 Å². The van der Waals surface area contributed by atoms with E-state index in [1.54, 1.807) is 6.07 Å². The quantitative estimate of drug-likeness (QED) is 0.385. The summed E-state index contributed by atoms with van der Waals surface area (Å²) < 4.78 is 5.40. The van der Waals surface area contributed by atoms with Crippen LogP contribution in [0.25, 0.3) is 6.08 Å². The Balaban J connectivity index is 2.14. The van der Waals surface area contributed by atoms with Crippen LogP contribution in [0.1, 0.15) is 24.5 Å². The van der Waals surface area contributed by atoms with E-state index < -0.39 is 4.92 Å². The largest absolute Gasteiger partial charge is 0.487 e. The molecule has 0 bridgehead atoms. The van der Waals surface area contributed by atoms with Gasteiger partial charge in [-0.2, -0.15) is 0 Å². The molecular weight excluding hydrogens is 360 g/mol. The van der Waals surface area contributed by atoms with Crippen molar-refractivity contribution in [2.45, 2.75) is 19.9 Å². The average molecular weight is 384 g/mol. The van der Waals surface area contributed by atoms with E-state index in [9.17, 15) is 20.0 Å². The minimum absolute atomic E-state index is 0.139. The minimum Gasteiger partial charge on any atom is -0.487 e. The Bertz CT molecular complexity index is 821. The van der Waals surface area contributed by atoms with Gasteiger partial charge in [0, 0.05) is 25.2 Å². The fourth-order valence-corrected chi connectivity index (χ4v) is 2.58. The van der Waals surface area contributed by atoms with Crippen molar-refractivity contribution >= 4 is 17.7 Å². The highest BCUT2D eigenvalue weighted by Crippen LogP contribution is 2.28. The van der Waals surface area contributed by atoms with E-state index in [0.717, 1.165) is 12.0 Å². The lowest BCUT2D eigenvalue weighted by molar-refractivity contribution is -0.385. The number of ether oxygens (including phenoxy) is 1. The van der Waals surface area contributed by atoms with Crippen LogP contribution in [0.3, 0.4) is 0 Å². The highest BCUT2D eigenvalue weighted by Gasteiger charge is 2.16. The highest BCUT2D eigenvalue weighted by atomic mass is 16.6. The van der Waals surface area contributed by atoms with Crippen molar-refractivity contribution in [3.05, 3.63) is 75.8 Å². The molecule has 1 N–H and O–H groups in total. The molecule has 7 nitrogen and oxygen atoms in total. The summed E-state index contributed by atoms with van der Waals surface area (Å²) in [6, 6.07) is 14.0. The van der Waals surface area contributed by atoms with Gasteiger partial charge in [-0.1, -0.05) is 43.3 Å². The van der Waals surface area contributed by atoms with Gasteiger partial charge in [-0.25, -0.2) is 0 Å². The minimum atomic E-state index is -0.502. The highest BCUT2D eigenvalue weighted by molar-refractivity contribution is 5.91. The molecule has 0 saturated heterocycles. The second-order valence-electron chi connectivity index (χ2n) is 6.14. The van der Waals surface area contributed by atoms with Crippen LogP contribution >= 0.6 is 0 Å². The number of nitrogens with zero attached hydrogens (tertiary/aromatic N) is 2. The normalized spacial score (nSPS) is 10.8. The Morgan fingerprint density at radius 2 is 2.00 bits per heavy atom. The second kappa shape index (κ2) is 10.8. The number of aliphatic hydroxyl groups is 1. The van der Waals surface area contributed by atoms with E-state index in [2.05, 4.69) is 0 Å². The lowest BCUT2D eigenvalue weighted by Crippen LogP contribution is -2.31. The fraction of sp³-hybridized carbons (Fsp3) is 0.286. The van der Waals surface area contributed by atoms with Gasteiger partial charge in [-0.15, -0.1) is 0 Å². The van der Waals surface area contributed by atoms with Crippen LogP contribution in [0.2, 0.25) is 0 Å². The topological polar surface area (TPSA) is 92.9 Å². The van der Waals surface area contributed by atoms with Crippen molar-refractivity contribution in [2.75, 3.05) is 19.8 Å². The van der Waals surface area contributed by atoms with Gasteiger partial charge in [0.15, 0.2) is 5.75 Å². The molecule has 0 aliphatic heterocycles. The number of carbonyl (C=O) groups excluding carboxylic acids is 1. The molecule has 148 valence electrons. The molecule has 2 aromatic carbocycles. The first kappa shape index (κ1) is 21.1. The molecule has 0 radical (unpaired) electrons. The van der Waals surface area contributed by atoms with Crippen LogP contribution in [0.4, 0.5) is 5.69 Å². The Kier molecular flexibility index (Phi) is 8.17. The van der Waals surface area contributed by atoms with Crippen molar-refractivity contribution in [1.82, 2.24) is 4.90 Å². The van der Waals surface area contributed by atoms with Crippen LogP contribution in [0.5, 0.6) is 5.75 Å². The molecular formula is C21H24N2O5. The summed E-state index contributed by atoms with van der Waals surface area (Å²) in [6.45, 7) is 2.73. The smallest absolute Gasteiger partial charge is 0.311 e. The Hall–Kier alpha value is -3.19. The zero-order valence-corrected chi connectivity index (χ0v) is 15.8. The SMILES string of the molecule is CCCOc1ccc(/C=C/C(=O)N(CCO)Cc2ccccc2)cc1[N+](=O)[O-]. The van der Waals surface area contributed by atoms with Crippen LogP contribution in [-0.4, -0.2) is 40.6 Å². The van der Waals surface area contributed by atoms with Crippen LogP contribution in [0, 0.1) is 10.1 Å². The Morgan fingerprint density at radius 3 is 2.64 bits per heavy atom. The van der Waals surface area contributed by atoms with E-state index in [1.807, 2.05) is 37.3 Å². The van der Waals surface area contributed by atoms with Gasteiger partial charge in [-0.3, -0.25) is 14.9 Å². The van der Waals surface area contributed by atoms with Crippen molar-refractivity contribution in [3.63, 3.8) is 0 Å². The van der Waals surface area contributed by atoms with Crippen molar-refractivity contribution < 1.29 is 19.6 Å². The number of aliphatic hydroxyl groups excluding tert-OH is 1. The summed E-state index contributed by atoms with van der Waals surface area (Å²) in [7, 11) is 0. The van der Waals surface area contributed by atoms with Crippen LogP contribution < -0.4 is 4.74 Å². The Labute approximate surface area is 164 Å². The molecule has 0 heterocycles. The lowest BCUT2D eigenvalue weighted by atomic mass is 10.1. The lowest BCUT2D eigenvalue weighted by Gasteiger charge is -2.20. The maximum Gasteiger partial charge on any atom is 0.311 e. The zero-order chi connectivity index (χ0) is 20.4. The number of nitro groups is 1. The standard InChI is InChI=1S/C21H24N2O5/c1-2-14-28-20-10-8-17(15-19(20)23(26)27)9-11-21(25)22(12-13-24)16-18-6-4-3-5-7-18/h3-11,15,24H,2,12-14,16H2,1H3/b11-9+. The molecule has 7 heteroatoms.